The van der Waals surface area contributed by atoms with E-state index in [2.05, 4.69) is 15.3 Å². The number of nitrogens with zero attached hydrogens (tertiary/aromatic N) is 3. The van der Waals surface area contributed by atoms with Gasteiger partial charge in [-0.05, 0) is 43.2 Å². The third-order valence-electron chi connectivity index (χ3n) is 4.38. The molecule has 2 aromatic carbocycles. The fourth-order valence-electron chi connectivity index (χ4n) is 3.04. The molecule has 0 atom stereocenters. The average molecular weight is 353 g/mol. The second kappa shape index (κ2) is 6.33. The molecule has 1 amide bonds. The van der Waals surface area contributed by atoms with Crippen LogP contribution in [0.5, 0.6) is 0 Å². The molecule has 0 radical (unpaired) electrons. The number of nitrogens with one attached hydrogen (secondary N) is 1. The van der Waals surface area contributed by atoms with Crippen LogP contribution in [0.15, 0.2) is 42.6 Å². The van der Waals surface area contributed by atoms with Crippen molar-refractivity contribution < 1.29 is 4.79 Å². The fourth-order valence-corrected chi connectivity index (χ4v) is 3.25. The lowest BCUT2D eigenvalue weighted by molar-refractivity contribution is -0.117. The van der Waals surface area contributed by atoms with Crippen LogP contribution in [0.4, 0.5) is 17.3 Å². The molecule has 5 nitrogen and oxygen atoms in total. The molecule has 2 heterocycles. The van der Waals surface area contributed by atoms with Crippen LogP contribution in [0.1, 0.15) is 18.4 Å². The summed E-state index contributed by atoms with van der Waals surface area (Å²) in [4.78, 5) is 22.6. The molecule has 1 aliphatic heterocycles. The van der Waals surface area contributed by atoms with E-state index in [9.17, 15) is 4.79 Å². The van der Waals surface area contributed by atoms with Crippen molar-refractivity contribution in [2.75, 3.05) is 16.8 Å². The van der Waals surface area contributed by atoms with E-state index in [0.717, 1.165) is 40.8 Å². The van der Waals surface area contributed by atoms with E-state index in [-0.39, 0.29) is 5.91 Å². The molecular weight excluding hydrogens is 336 g/mol. The molecule has 25 heavy (non-hydrogen) atoms. The Labute approximate surface area is 150 Å². The zero-order valence-electron chi connectivity index (χ0n) is 13.8. The van der Waals surface area contributed by atoms with Gasteiger partial charge in [-0.3, -0.25) is 4.79 Å². The Morgan fingerprint density at radius 2 is 2.12 bits per heavy atom. The summed E-state index contributed by atoms with van der Waals surface area (Å²) in [6.45, 7) is 2.73. The van der Waals surface area contributed by atoms with Crippen molar-refractivity contribution >= 4 is 45.7 Å². The maximum Gasteiger partial charge on any atom is 0.227 e. The van der Waals surface area contributed by atoms with Gasteiger partial charge in [0, 0.05) is 35.9 Å². The third-order valence-corrected chi connectivity index (χ3v) is 4.88. The van der Waals surface area contributed by atoms with E-state index in [1.165, 1.54) is 0 Å². The maximum absolute atomic E-state index is 11.9. The molecule has 0 bridgehead atoms. The first-order chi connectivity index (χ1) is 12.1. The van der Waals surface area contributed by atoms with Gasteiger partial charge in [-0.25, -0.2) is 9.97 Å². The van der Waals surface area contributed by atoms with E-state index >= 15 is 0 Å². The second-order valence-electron chi connectivity index (χ2n) is 6.15. The highest BCUT2D eigenvalue weighted by Gasteiger charge is 2.21. The maximum atomic E-state index is 11.9. The molecule has 1 aliphatic rings. The number of rotatable bonds is 3. The Bertz CT molecular complexity index is 973. The second-order valence-corrected chi connectivity index (χ2v) is 6.53. The predicted molar refractivity (Wildman–Crippen MR) is 101 cm³/mol. The smallest absolute Gasteiger partial charge is 0.227 e. The molecule has 0 aliphatic carbocycles. The van der Waals surface area contributed by atoms with Gasteiger partial charge in [0.2, 0.25) is 11.9 Å². The topological polar surface area (TPSA) is 58.1 Å². The van der Waals surface area contributed by atoms with Gasteiger partial charge < -0.3 is 10.2 Å². The summed E-state index contributed by atoms with van der Waals surface area (Å²) in [7, 11) is 0. The van der Waals surface area contributed by atoms with Gasteiger partial charge in [-0.1, -0.05) is 23.7 Å². The Balaban J connectivity index is 1.63. The lowest BCUT2D eigenvalue weighted by Crippen LogP contribution is -2.23. The first-order valence-corrected chi connectivity index (χ1v) is 8.59. The summed E-state index contributed by atoms with van der Waals surface area (Å²) in [6.07, 6.45) is 3.25. The molecule has 1 N–H and O–H groups in total. The number of halogens is 1. The third kappa shape index (κ3) is 3.03. The van der Waals surface area contributed by atoms with Gasteiger partial charge in [0.05, 0.1) is 10.5 Å². The van der Waals surface area contributed by atoms with E-state index in [1.54, 1.807) is 6.20 Å². The largest absolute Gasteiger partial charge is 0.324 e. The number of aryl methyl sites for hydroxylation is 1. The number of amides is 1. The molecule has 0 unspecified atom stereocenters. The molecule has 1 saturated heterocycles. The molecule has 1 aromatic heterocycles. The van der Waals surface area contributed by atoms with Crippen LogP contribution in [-0.2, 0) is 4.79 Å². The van der Waals surface area contributed by atoms with E-state index in [1.807, 2.05) is 48.2 Å². The number of aromatic nitrogens is 2. The molecule has 4 rings (SSSR count). The van der Waals surface area contributed by atoms with Crippen LogP contribution in [-0.4, -0.2) is 22.4 Å². The van der Waals surface area contributed by atoms with Crippen molar-refractivity contribution in [1.82, 2.24) is 9.97 Å². The van der Waals surface area contributed by atoms with Crippen LogP contribution >= 0.6 is 11.6 Å². The Hall–Kier alpha value is -2.66. The van der Waals surface area contributed by atoms with Crippen LogP contribution in [0.3, 0.4) is 0 Å². The van der Waals surface area contributed by atoms with Gasteiger partial charge in [0.1, 0.15) is 0 Å². The number of benzene rings is 2. The van der Waals surface area contributed by atoms with Crippen LogP contribution < -0.4 is 10.2 Å². The van der Waals surface area contributed by atoms with E-state index in [4.69, 9.17) is 11.6 Å². The minimum atomic E-state index is 0.170. The summed E-state index contributed by atoms with van der Waals surface area (Å²) in [5.41, 5.74) is 3.53. The summed E-state index contributed by atoms with van der Waals surface area (Å²) in [5.74, 6) is 0.668. The van der Waals surface area contributed by atoms with E-state index < -0.39 is 0 Å². The molecule has 0 saturated carbocycles. The highest BCUT2D eigenvalue weighted by molar-refractivity contribution is 6.36. The molecule has 1 fully saturated rings. The molecule has 6 heteroatoms. The predicted octanol–water partition coefficient (Wildman–Crippen LogP) is 4.46. The van der Waals surface area contributed by atoms with Gasteiger partial charge >= 0.3 is 0 Å². The zero-order chi connectivity index (χ0) is 17.4. The Kier molecular flexibility index (Phi) is 4.01. The van der Waals surface area contributed by atoms with E-state index in [0.29, 0.717) is 17.4 Å². The highest BCUT2D eigenvalue weighted by Crippen LogP contribution is 2.28. The highest BCUT2D eigenvalue weighted by atomic mass is 35.5. The number of fused-ring (bicyclic) bond motifs is 1. The summed E-state index contributed by atoms with van der Waals surface area (Å²) < 4.78 is 0. The first kappa shape index (κ1) is 15.8. The van der Waals surface area contributed by atoms with Crippen LogP contribution in [0.2, 0.25) is 5.02 Å². The standard InChI is InChI=1S/C19H17ClN4O/c1-12-7-8-16-15(18(12)20)11-21-19(23-16)22-13-4-2-5-14(10-13)24-9-3-6-17(24)25/h2,4-5,7-8,10-11H,3,6,9H2,1H3,(H,21,22,23). The SMILES string of the molecule is Cc1ccc2nc(Nc3cccc(N4CCCC4=O)c3)ncc2c1Cl. The fraction of sp³-hybridized carbons (Fsp3) is 0.211. The quantitative estimate of drug-likeness (QED) is 0.756. The van der Waals surface area contributed by atoms with Gasteiger partial charge in [0.15, 0.2) is 0 Å². The van der Waals surface area contributed by atoms with Crippen LogP contribution in [0.25, 0.3) is 10.9 Å². The number of carbonyl (C=O) groups is 1. The molecule has 3 aromatic rings. The van der Waals surface area contributed by atoms with Gasteiger partial charge in [0.25, 0.3) is 0 Å². The van der Waals surface area contributed by atoms with Crippen molar-refractivity contribution in [2.45, 2.75) is 19.8 Å². The van der Waals surface area contributed by atoms with Gasteiger partial charge in [-0.2, -0.15) is 0 Å². The monoisotopic (exact) mass is 352 g/mol. The van der Waals surface area contributed by atoms with Crippen molar-refractivity contribution in [1.29, 1.82) is 0 Å². The van der Waals surface area contributed by atoms with Crippen molar-refractivity contribution in [3.8, 4) is 0 Å². The molecule has 0 spiro atoms. The zero-order valence-corrected chi connectivity index (χ0v) is 14.5. The van der Waals surface area contributed by atoms with Crippen LogP contribution in [0, 0.1) is 6.92 Å². The number of carbonyl (C=O) groups excluding carboxylic acids is 1. The summed E-state index contributed by atoms with van der Waals surface area (Å²) in [5, 5.41) is 4.72. The first-order valence-electron chi connectivity index (χ1n) is 8.21. The van der Waals surface area contributed by atoms with Crippen molar-refractivity contribution in [3.63, 3.8) is 0 Å². The minimum Gasteiger partial charge on any atom is -0.324 e. The Morgan fingerprint density at radius 1 is 1.24 bits per heavy atom. The molecular formula is C19H17ClN4O. The normalized spacial score (nSPS) is 14.3. The average Bonchev–Trinajstić information content (AvgIpc) is 3.05. The minimum absolute atomic E-state index is 0.170. The van der Waals surface area contributed by atoms with Crippen molar-refractivity contribution in [2.24, 2.45) is 0 Å². The summed E-state index contributed by atoms with van der Waals surface area (Å²) in [6, 6.07) is 11.6. The van der Waals surface area contributed by atoms with Gasteiger partial charge in [-0.15, -0.1) is 0 Å². The number of hydrogen-bond acceptors (Lipinski definition) is 4. The number of hydrogen-bond donors (Lipinski definition) is 1. The summed E-state index contributed by atoms with van der Waals surface area (Å²) >= 11 is 6.31. The lowest BCUT2D eigenvalue weighted by Gasteiger charge is -2.16. The van der Waals surface area contributed by atoms with Crippen molar-refractivity contribution in [3.05, 3.63) is 53.2 Å². The Morgan fingerprint density at radius 3 is 2.92 bits per heavy atom. The molecule has 126 valence electrons. The lowest BCUT2D eigenvalue weighted by atomic mass is 10.2. The number of anilines is 3.